The summed E-state index contributed by atoms with van der Waals surface area (Å²) in [4.78, 5) is 9.16. The number of nitrogens with zero attached hydrogens (tertiary/aromatic N) is 2. The highest BCUT2D eigenvalue weighted by Gasteiger charge is 2.24. The lowest BCUT2D eigenvalue weighted by Gasteiger charge is -2.15. The summed E-state index contributed by atoms with van der Waals surface area (Å²) in [6.45, 7) is 5.92. The van der Waals surface area contributed by atoms with E-state index in [4.69, 9.17) is 4.74 Å². The van der Waals surface area contributed by atoms with Crippen molar-refractivity contribution in [2.45, 2.75) is 24.8 Å². The molecule has 1 aliphatic rings. The van der Waals surface area contributed by atoms with Crippen molar-refractivity contribution in [1.29, 1.82) is 0 Å². The Kier molecular flexibility index (Phi) is 5.74. The molecule has 0 bridgehead atoms. The number of likely N-dealkylation sites (tertiary alicyclic amines) is 1. The van der Waals surface area contributed by atoms with Gasteiger partial charge in [0.1, 0.15) is 5.82 Å². The summed E-state index contributed by atoms with van der Waals surface area (Å²) in [5, 5.41) is 0.147. The van der Waals surface area contributed by atoms with Crippen molar-refractivity contribution in [1.82, 2.24) is 19.6 Å². The molecule has 120 valence electrons. The highest BCUT2D eigenvalue weighted by molar-refractivity contribution is 7.89. The Hall–Kier alpha value is -0.960. The van der Waals surface area contributed by atoms with Crippen molar-refractivity contribution in [2.24, 2.45) is 5.92 Å². The fourth-order valence-corrected chi connectivity index (χ4v) is 3.52. The van der Waals surface area contributed by atoms with Crippen LogP contribution in [0.3, 0.4) is 0 Å². The number of imidazole rings is 1. The molecule has 1 atom stereocenters. The first-order valence-electron chi connectivity index (χ1n) is 7.30. The maximum Gasteiger partial charge on any atom is 0.257 e. The summed E-state index contributed by atoms with van der Waals surface area (Å²) < 4.78 is 32.0. The van der Waals surface area contributed by atoms with E-state index >= 15 is 0 Å². The van der Waals surface area contributed by atoms with E-state index < -0.39 is 10.0 Å². The fraction of sp³-hybridized carbons (Fsp3) is 0.769. The first-order valence-corrected chi connectivity index (χ1v) is 8.78. The molecule has 1 aromatic heterocycles. The van der Waals surface area contributed by atoms with Crippen LogP contribution >= 0.6 is 0 Å². The number of rotatable bonds is 8. The summed E-state index contributed by atoms with van der Waals surface area (Å²) in [5.41, 5.74) is 0. The predicted molar refractivity (Wildman–Crippen MR) is 79.6 cm³/mol. The predicted octanol–water partition coefficient (Wildman–Crippen LogP) is 0.219. The van der Waals surface area contributed by atoms with Gasteiger partial charge in [0.15, 0.2) is 5.03 Å². The van der Waals surface area contributed by atoms with Crippen LogP contribution in [-0.4, -0.2) is 63.2 Å². The van der Waals surface area contributed by atoms with Gasteiger partial charge in [0.2, 0.25) is 0 Å². The normalized spacial score (nSPS) is 20.2. The second-order valence-electron chi connectivity index (χ2n) is 5.35. The number of ether oxygens (including phenoxy) is 1. The van der Waals surface area contributed by atoms with E-state index in [0.717, 1.165) is 26.1 Å². The van der Waals surface area contributed by atoms with Crippen LogP contribution in [0.4, 0.5) is 0 Å². The molecule has 8 heteroatoms. The molecule has 1 fully saturated rings. The van der Waals surface area contributed by atoms with Gasteiger partial charge in [-0.2, -0.15) is 0 Å². The smallest absolute Gasteiger partial charge is 0.257 e. The summed E-state index contributed by atoms with van der Waals surface area (Å²) in [6.07, 6.45) is 3.07. The number of aromatic amines is 1. The molecule has 0 aromatic carbocycles. The molecule has 1 saturated heterocycles. The van der Waals surface area contributed by atoms with Crippen LogP contribution in [0.25, 0.3) is 0 Å². The van der Waals surface area contributed by atoms with Crippen molar-refractivity contribution >= 4 is 10.0 Å². The SMILES string of the molecule is CCc1ncc(S(=O)(=O)NCC2CCN(CCOC)C2)[nH]1. The van der Waals surface area contributed by atoms with Crippen molar-refractivity contribution < 1.29 is 13.2 Å². The number of hydrogen-bond acceptors (Lipinski definition) is 5. The molecular weight excluding hydrogens is 292 g/mol. The number of aryl methyl sites for hydroxylation is 1. The molecule has 1 aliphatic heterocycles. The highest BCUT2D eigenvalue weighted by Crippen LogP contribution is 2.16. The number of nitrogens with one attached hydrogen (secondary N) is 2. The summed E-state index contributed by atoms with van der Waals surface area (Å²) in [5.74, 6) is 1.03. The molecule has 0 radical (unpaired) electrons. The van der Waals surface area contributed by atoms with E-state index in [2.05, 4.69) is 19.6 Å². The number of hydrogen-bond donors (Lipinski definition) is 2. The van der Waals surface area contributed by atoms with Gasteiger partial charge in [-0.25, -0.2) is 18.1 Å². The number of methoxy groups -OCH3 is 1. The Labute approximate surface area is 126 Å². The van der Waals surface area contributed by atoms with E-state index in [0.29, 0.717) is 31.3 Å². The van der Waals surface area contributed by atoms with Gasteiger partial charge < -0.3 is 14.6 Å². The molecule has 21 heavy (non-hydrogen) atoms. The van der Waals surface area contributed by atoms with Gasteiger partial charge in [-0.1, -0.05) is 6.92 Å². The Bertz CT molecular complexity index is 543. The number of sulfonamides is 1. The van der Waals surface area contributed by atoms with Crippen molar-refractivity contribution in [3.63, 3.8) is 0 Å². The van der Waals surface area contributed by atoms with Gasteiger partial charge in [-0.3, -0.25) is 0 Å². The van der Waals surface area contributed by atoms with Crippen LogP contribution < -0.4 is 4.72 Å². The van der Waals surface area contributed by atoms with Crippen LogP contribution in [0.15, 0.2) is 11.2 Å². The molecule has 1 aromatic rings. The Morgan fingerprint density at radius 3 is 3.05 bits per heavy atom. The second-order valence-corrected chi connectivity index (χ2v) is 7.08. The van der Waals surface area contributed by atoms with E-state index in [1.807, 2.05) is 6.92 Å². The number of aromatic nitrogens is 2. The fourth-order valence-electron chi connectivity index (χ4n) is 2.47. The minimum Gasteiger partial charge on any atom is -0.383 e. The quantitative estimate of drug-likeness (QED) is 0.716. The zero-order valence-corrected chi connectivity index (χ0v) is 13.4. The molecule has 2 N–H and O–H groups in total. The second kappa shape index (κ2) is 7.35. The first-order chi connectivity index (χ1) is 10.0. The largest absolute Gasteiger partial charge is 0.383 e. The molecule has 1 unspecified atom stereocenters. The average molecular weight is 316 g/mol. The zero-order chi connectivity index (χ0) is 15.3. The first kappa shape index (κ1) is 16.4. The van der Waals surface area contributed by atoms with Crippen LogP contribution in [0.2, 0.25) is 0 Å². The third-order valence-electron chi connectivity index (χ3n) is 3.77. The minimum absolute atomic E-state index is 0.147. The van der Waals surface area contributed by atoms with Gasteiger partial charge in [0, 0.05) is 33.2 Å². The van der Waals surface area contributed by atoms with Crippen molar-refractivity contribution in [3.8, 4) is 0 Å². The minimum atomic E-state index is -3.48. The van der Waals surface area contributed by atoms with Crippen molar-refractivity contribution in [2.75, 3.05) is 39.9 Å². The molecular formula is C13H24N4O3S. The molecule has 0 saturated carbocycles. The standard InChI is InChI=1S/C13H24N4O3S/c1-3-12-14-9-13(16-12)21(18,19)15-8-11-4-5-17(10-11)6-7-20-2/h9,11,15H,3-8,10H2,1-2H3,(H,14,16). The Morgan fingerprint density at radius 2 is 2.38 bits per heavy atom. The zero-order valence-electron chi connectivity index (χ0n) is 12.6. The lowest BCUT2D eigenvalue weighted by molar-refractivity contribution is 0.159. The summed E-state index contributed by atoms with van der Waals surface area (Å²) in [7, 11) is -1.79. The lowest BCUT2D eigenvalue weighted by Crippen LogP contribution is -2.32. The van der Waals surface area contributed by atoms with Gasteiger partial charge in [-0.05, 0) is 18.9 Å². The maximum atomic E-state index is 12.2. The Morgan fingerprint density at radius 1 is 1.57 bits per heavy atom. The molecule has 2 heterocycles. The highest BCUT2D eigenvalue weighted by atomic mass is 32.2. The van der Waals surface area contributed by atoms with Crippen LogP contribution in [0.5, 0.6) is 0 Å². The van der Waals surface area contributed by atoms with Crippen LogP contribution in [0, 0.1) is 5.92 Å². The molecule has 0 spiro atoms. The summed E-state index contributed by atoms with van der Waals surface area (Å²) >= 11 is 0. The maximum absolute atomic E-state index is 12.2. The molecule has 2 rings (SSSR count). The average Bonchev–Trinajstić information content (AvgIpc) is 3.12. The number of H-pyrrole nitrogens is 1. The monoisotopic (exact) mass is 316 g/mol. The van der Waals surface area contributed by atoms with Crippen molar-refractivity contribution in [3.05, 3.63) is 12.0 Å². The van der Waals surface area contributed by atoms with E-state index in [9.17, 15) is 8.42 Å². The van der Waals surface area contributed by atoms with Gasteiger partial charge >= 0.3 is 0 Å². The lowest BCUT2D eigenvalue weighted by atomic mass is 10.1. The Balaban J connectivity index is 1.82. The third-order valence-corrected chi connectivity index (χ3v) is 5.11. The van der Waals surface area contributed by atoms with Gasteiger partial charge in [-0.15, -0.1) is 0 Å². The summed E-state index contributed by atoms with van der Waals surface area (Å²) in [6, 6.07) is 0. The topological polar surface area (TPSA) is 87.3 Å². The van der Waals surface area contributed by atoms with E-state index in [-0.39, 0.29) is 5.03 Å². The van der Waals surface area contributed by atoms with Crippen LogP contribution in [-0.2, 0) is 21.2 Å². The molecule has 0 amide bonds. The third kappa shape index (κ3) is 4.50. The van der Waals surface area contributed by atoms with Crippen LogP contribution in [0.1, 0.15) is 19.2 Å². The van der Waals surface area contributed by atoms with Gasteiger partial charge in [0.25, 0.3) is 10.0 Å². The molecule has 0 aliphatic carbocycles. The van der Waals surface area contributed by atoms with Gasteiger partial charge in [0.05, 0.1) is 12.8 Å². The molecule has 7 nitrogen and oxygen atoms in total. The van der Waals surface area contributed by atoms with E-state index in [1.165, 1.54) is 6.20 Å². The van der Waals surface area contributed by atoms with E-state index in [1.54, 1.807) is 7.11 Å².